The summed E-state index contributed by atoms with van der Waals surface area (Å²) in [4.78, 5) is 74.1. The Kier molecular flexibility index (Phi) is 6.37. The standard InChI is InChI=1S/C34H35N7O7S4/c1-6-29-24(43)40-22-31(16-12-8-10-14-18(16)36-22,20(42)33(40,51-49-29)26(45)38(29)4)32-17-13-9-11-15-19(17)37-23(32)41-25(44)30(7-2)39(5)27(46)34(41,52-50-30)21(32)48-28(47)35-3/h8-15,20-23,36-37,42H,6-7H2,1-5H3,(H,35,47)/t20-,21-,22+,23+,29-,30-,31?,32+,33-,34-/m0/s1. The fourth-order valence-corrected chi connectivity index (χ4v) is 18.7. The first-order valence-electron chi connectivity index (χ1n) is 17.2. The Morgan fingerprint density at radius 3 is 1.75 bits per heavy atom. The number of likely N-dealkylation sites (N-methyl/N-ethyl adjacent to an activating group) is 2. The molecule has 4 bridgehead atoms. The van der Waals surface area contributed by atoms with E-state index in [0.29, 0.717) is 35.3 Å². The van der Waals surface area contributed by atoms with Gasteiger partial charge in [-0.1, -0.05) is 71.8 Å². The van der Waals surface area contributed by atoms with Gasteiger partial charge in [0.25, 0.3) is 23.6 Å². The van der Waals surface area contributed by atoms with Gasteiger partial charge >= 0.3 is 6.09 Å². The first kappa shape index (κ1) is 33.1. The van der Waals surface area contributed by atoms with Crippen molar-refractivity contribution < 1.29 is 33.8 Å². The highest BCUT2D eigenvalue weighted by atomic mass is 33.1. The van der Waals surface area contributed by atoms with Crippen LogP contribution in [0.4, 0.5) is 16.2 Å². The van der Waals surface area contributed by atoms with Gasteiger partial charge in [-0.05, 0) is 57.7 Å². The predicted molar refractivity (Wildman–Crippen MR) is 197 cm³/mol. The lowest BCUT2D eigenvalue weighted by molar-refractivity contribution is -0.167. The van der Waals surface area contributed by atoms with Crippen molar-refractivity contribution in [2.45, 2.75) is 81.5 Å². The number of fused-ring (bicyclic) bond motifs is 11. The summed E-state index contributed by atoms with van der Waals surface area (Å²) >= 11 is 0. The molecule has 10 aliphatic rings. The van der Waals surface area contributed by atoms with Gasteiger partial charge in [-0.2, -0.15) is 0 Å². The van der Waals surface area contributed by atoms with Crippen molar-refractivity contribution in [3.8, 4) is 0 Å². The fraction of sp³-hybridized carbons (Fsp3) is 0.500. The zero-order valence-corrected chi connectivity index (χ0v) is 31.9. The van der Waals surface area contributed by atoms with Gasteiger partial charge < -0.3 is 35.6 Å². The lowest BCUT2D eigenvalue weighted by Crippen LogP contribution is -2.78. The van der Waals surface area contributed by atoms with Crippen LogP contribution in [0.1, 0.15) is 37.8 Å². The van der Waals surface area contributed by atoms with Gasteiger partial charge in [0.15, 0.2) is 15.8 Å². The van der Waals surface area contributed by atoms with E-state index in [9.17, 15) is 14.7 Å². The lowest BCUT2D eigenvalue weighted by Gasteiger charge is -2.59. The third-order valence-electron chi connectivity index (χ3n) is 13.1. The molecule has 0 radical (unpaired) electrons. The second-order valence-corrected chi connectivity index (χ2v) is 19.7. The van der Waals surface area contributed by atoms with E-state index in [4.69, 9.17) is 4.74 Å². The Labute approximate surface area is 314 Å². The van der Waals surface area contributed by atoms with Crippen LogP contribution in [0.15, 0.2) is 48.5 Å². The number of para-hydroxylation sites is 2. The Bertz CT molecular complexity index is 2080. The summed E-state index contributed by atoms with van der Waals surface area (Å²) in [5.74, 6) is -1.51. The van der Waals surface area contributed by atoms with Crippen LogP contribution in [0.2, 0.25) is 0 Å². The van der Waals surface area contributed by atoms with Crippen LogP contribution in [0.25, 0.3) is 0 Å². The lowest BCUT2D eigenvalue weighted by atomic mass is 9.52. The number of piperazine rings is 2. The van der Waals surface area contributed by atoms with E-state index in [-0.39, 0.29) is 11.8 Å². The van der Waals surface area contributed by atoms with E-state index in [2.05, 4.69) is 16.0 Å². The highest BCUT2D eigenvalue weighted by Gasteiger charge is 2.94. The van der Waals surface area contributed by atoms with Gasteiger partial charge in [-0.3, -0.25) is 29.0 Å². The third-order valence-corrected chi connectivity index (χ3v) is 20.7. The normalized spacial score (nSPS) is 42.7. The van der Waals surface area contributed by atoms with Gasteiger partial charge in [0.2, 0.25) is 9.74 Å². The molecule has 10 heterocycles. The molecule has 2 aromatic rings. The first-order chi connectivity index (χ1) is 24.9. The van der Waals surface area contributed by atoms with E-state index in [1.165, 1.54) is 64.9 Å². The number of anilines is 2. The summed E-state index contributed by atoms with van der Waals surface area (Å²) in [7, 11) is 9.54. The van der Waals surface area contributed by atoms with Crippen molar-refractivity contribution in [2.75, 3.05) is 31.8 Å². The predicted octanol–water partition coefficient (Wildman–Crippen LogP) is 2.47. The number of benzene rings is 2. The van der Waals surface area contributed by atoms with Crippen LogP contribution in [0.5, 0.6) is 0 Å². The molecule has 272 valence electrons. The maximum Gasteiger partial charge on any atom is 0.407 e. The van der Waals surface area contributed by atoms with Crippen molar-refractivity contribution in [1.82, 2.24) is 24.9 Å². The number of amides is 5. The molecule has 14 nitrogen and oxygen atoms in total. The number of aliphatic hydroxyl groups excluding tert-OH is 1. The van der Waals surface area contributed by atoms with Crippen molar-refractivity contribution in [3.05, 3.63) is 59.7 Å². The quantitative estimate of drug-likeness (QED) is 0.335. The molecule has 10 aliphatic heterocycles. The van der Waals surface area contributed by atoms with Gasteiger partial charge in [0.1, 0.15) is 18.4 Å². The van der Waals surface area contributed by atoms with Gasteiger partial charge in [-0.25, -0.2) is 4.79 Å². The number of alkyl carbamates (subject to hydrolysis) is 1. The van der Waals surface area contributed by atoms with Gasteiger partial charge in [0.05, 0.1) is 10.8 Å². The van der Waals surface area contributed by atoms with E-state index >= 15 is 14.4 Å². The van der Waals surface area contributed by atoms with Crippen LogP contribution in [0.3, 0.4) is 0 Å². The SMILES string of the molecule is CC[C@@]12SS[C@]3(C(=O)N1C)[C@@H](O)C1([C@@]45c6ccccc6N[C@@H]4N4C(=O)[C@]6(CC)SS[C@]4(C(=O)N6C)[C@H]5OC(=O)NC)c4ccccc4N[C@@H]1N3C2=O. The molecule has 12 rings (SSSR count). The summed E-state index contributed by atoms with van der Waals surface area (Å²) in [5, 5.41) is 23.4. The van der Waals surface area contributed by atoms with E-state index in [1.54, 1.807) is 19.0 Å². The molecule has 8 saturated heterocycles. The van der Waals surface area contributed by atoms with Gasteiger partial charge in [-0.15, -0.1) is 0 Å². The molecule has 0 saturated carbocycles. The molecule has 5 amide bonds. The molecule has 18 heteroatoms. The Morgan fingerprint density at radius 2 is 1.21 bits per heavy atom. The molecule has 10 atom stereocenters. The number of hydrogen-bond acceptors (Lipinski definition) is 13. The van der Waals surface area contributed by atoms with Crippen molar-refractivity contribution in [1.29, 1.82) is 0 Å². The maximum atomic E-state index is 15.2. The second kappa shape index (κ2) is 9.99. The Hall–Kier alpha value is -3.45. The molecule has 52 heavy (non-hydrogen) atoms. The number of nitrogens with one attached hydrogen (secondary N) is 3. The highest BCUT2D eigenvalue weighted by molar-refractivity contribution is 8.78. The smallest absolute Gasteiger partial charge is 0.407 e. The minimum absolute atomic E-state index is 0.311. The van der Waals surface area contributed by atoms with Gasteiger partial charge in [0, 0.05) is 32.5 Å². The van der Waals surface area contributed by atoms with Crippen molar-refractivity contribution >= 4 is 84.3 Å². The van der Waals surface area contributed by atoms with Crippen LogP contribution >= 0.6 is 43.2 Å². The van der Waals surface area contributed by atoms with Crippen molar-refractivity contribution in [3.63, 3.8) is 0 Å². The molecule has 0 aliphatic carbocycles. The summed E-state index contributed by atoms with van der Waals surface area (Å²) in [6, 6.07) is 14.8. The van der Waals surface area contributed by atoms with Crippen LogP contribution in [0, 0.1) is 0 Å². The fourth-order valence-electron chi connectivity index (χ4n) is 10.8. The summed E-state index contributed by atoms with van der Waals surface area (Å²) in [5.41, 5.74) is -0.982. The van der Waals surface area contributed by atoms with E-state index in [1.807, 2.05) is 62.4 Å². The summed E-state index contributed by atoms with van der Waals surface area (Å²) in [6.07, 6.45) is -5.46. The molecule has 0 aromatic heterocycles. The molecular formula is C34H35N7O7S4. The van der Waals surface area contributed by atoms with Crippen LogP contribution in [-0.4, -0.2) is 120 Å². The molecule has 1 unspecified atom stereocenters. The molecule has 2 aromatic carbocycles. The zero-order chi connectivity index (χ0) is 36.5. The number of rotatable bonds is 4. The molecule has 4 N–H and O–H groups in total. The minimum Gasteiger partial charge on any atom is -0.441 e. The minimum atomic E-state index is -1.82. The van der Waals surface area contributed by atoms with Crippen molar-refractivity contribution in [2.24, 2.45) is 0 Å². The number of ether oxygens (including phenoxy) is 1. The largest absolute Gasteiger partial charge is 0.441 e. The third kappa shape index (κ3) is 2.93. The average molecular weight is 782 g/mol. The molecular weight excluding hydrogens is 747 g/mol. The first-order valence-corrected chi connectivity index (χ1v) is 21.5. The average Bonchev–Trinajstić information content (AvgIpc) is 3.81. The number of carbonyl (C=O) groups excluding carboxylic acids is 5. The van der Waals surface area contributed by atoms with E-state index < -0.39 is 72.8 Å². The molecule has 8 fully saturated rings. The monoisotopic (exact) mass is 781 g/mol. The highest BCUT2D eigenvalue weighted by Crippen LogP contribution is 2.79. The zero-order valence-electron chi connectivity index (χ0n) is 28.7. The number of carbonyl (C=O) groups is 5. The summed E-state index contributed by atoms with van der Waals surface area (Å²) < 4.78 is 6.57. The number of aliphatic hydroxyl groups is 1. The van der Waals surface area contributed by atoms with Crippen LogP contribution < -0.4 is 16.0 Å². The maximum absolute atomic E-state index is 15.2. The van der Waals surface area contributed by atoms with E-state index in [0.717, 1.165) is 0 Å². The number of hydrogen-bond donors (Lipinski definition) is 4. The molecule has 2 spiro atoms. The number of nitrogens with zero attached hydrogens (tertiary/aromatic N) is 4. The Morgan fingerprint density at radius 1 is 0.750 bits per heavy atom. The second-order valence-electron chi connectivity index (χ2n) is 14.4. The van der Waals surface area contributed by atoms with Crippen LogP contribution in [-0.2, 0) is 34.7 Å². The Balaban J connectivity index is 1.37. The summed E-state index contributed by atoms with van der Waals surface area (Å²) in [6.45, 7) is 3.72. The topological polar surface area (TPSA) is 164 Å².